The molecule has 1 amide bonds. The van der Waals surface area contributed by atoms with Crippen LogP contribution in [0.1, 0.15) is 66.2 Å². The predicted molar refractivity (Wildman–Crippen MR) is 85.4 cm³/mol. The third-order valence-corrected chi connectivity index (χ3v) is 4.34. The molecule has 0 spiro atoms. The summed E-state index contributed by atoms with van der Waals surface area (Å²) in [6.07, 6.45) is 7.32. The Labute approximate surface area is 129 Å². The third kappa shape index (κ3) is 5.85. The second-order valence-electron chi connectivity index (χ2n) is 7.81. The minimum absolute atomic E-state index is 0.149. The van der Waals surface area contributed by atoms with Crippen LogP contribution >= 0.6 is 0 Å². The van der Waals surface area contributed by atoms with Gasteiger partial charge < -0.3 is 15.0 Å². The average Bonchev–Trinajstić information content (AvgIpc) is 3.18. The van der Waals surface area contributed by atoms with Crippen LogP contribution in [0.25, 0.3) is 0 Å². The summed E-state index contributed by atoms with van der Waals surface area (Å²) in [5.41, 5.74) is -0.411. The number of carbonyl (C=O) groups is 1. The fourth-order valence-corrected chi connectivity index (χ4v) is 3.05. The molecule has 21 heavy (non-hydrogen) atoms. The molecular weight excluding hydrogens is 264 g/mol. The molecule has 2 unspecified atom stereocenters. The molecule has 0 aromatic rings. The van der Waals surface area contributed by atoms with Gasteiger partial charge in [-0.1, -0.05) is 12.8 Å². The topological polar surface area (TPSA) is 41.6 Å². The number of nitrogens with one attached hydrogen (secondary N) is 1. The number of rotatable bonds is 5. The lowest BCUT2D eigenvalue weighted by Crippen LogP contribution is -2.51. The largest absolute Gasteiger partial charge is 0.444 e. The third-order valence-electron chi connectivity index (χ3n) is 4.34. The Morgan fingerprint density at radius 3 is 2.62 bits per heavy atom. The second-order valence-corrected chi connectivity index (χ2v) is 7.81. The highest BCUT2D eigenvalue weighted by Crippen LogP contribution is 2.33. The Morgan fingerprint density at radius 2 is 2.00 bits per heavy atom. The summed E-state index contributed by atoms with van der Waals surface area (Å²) >= 11 is 0. The van der Waals surface area contributed by atoms with E-state index in [0.717, 1.165) is 31.8 Å². The first-order valence-corrected chi connectivity index (χ1v) is 8.58. The van der Waals surface area contributed by atoms with Gasteiger partial charge in [0.15, 0.2) is 0 Å². The van der Waals surface area contributed by atoms with Gasteiger partial charge in [-0.25, -0.2) is 4.79 Å². The summed E-state index contributed by atoms with van der Waals surface area (Å²) in [6.45, 7) is 9.78. The SMILES string of the molecule is CC(CC1CC1)NCC1CCCCN1C(=O)OC(C)(C)C. The Morgan fingerprint density at radius 1 is 1.29 bits per heavy atom. The van der Waals surface area contributed by atoms with Crippen LogP contribution in [0.5, 0.6) is 0 Å². The molecule has 4 nitrogen and oxygen atoms in total. The van der Waals surface area contributed by atoms with E-state index >= 15 is 0 Å². The van der Waals surface area contributed by atoms with Crippen LogP contribution in [-0.4, -0.2) is 41.8 Å². The van der Waals surface area contributed by atoms with Crippen molar-refractivity contribution in [3.8, 4) is 0 Å². The van der Waals surface area contributed by atoms with Crippen molar-refractivity contribution in [2.24, 2.45) is 5.92 Å². The fraction of sp³-hybridized carbons (Fsp3) is 0.941. The first kappa shape index (κ1) is 16.6. The Hall–Kier alpha value is -0.770. The second kappa shape index (κ2) is 6.99. The lowest BCUT2D eigenvalue weighted by atomic mass is 10.0. The van der Waals surface area contributed by atoms with E-state index in [4.69, 9.17) is 4.74 Å². The maximum absolute atomic E-state index is 12.3. The molecule has 0 aromatic heterocycles. The van der Waals surface area contributed by atoms with Crippen molar-refractivity contribution >= 4 is 6.09 Å². The molecule has 1 saturated heterocycles. The Bertz CT molecular complexity index is 347. The van der Waals surface area contributed by atoms with E-state index in [1.807, 2.05) is 25.7 Å². The van der Waals surface area contributed by atoms with Crippen molar-refractivity contribution < 1.29 is 9.53 Å². The fourth-order valence-electron chi connectivity index (χ4n) is 3.05. The highest BCUT2D eigenvalue weighted by molar-refractivity contribution is 5.68. The summed E-state index contributed by atoms with van der Waals surface area (Å²) in [4.78, 5) is 14.3. The van der Waals surface area contributed by atoms with Crippen LogP contribution in [0.15, 0.2) is 0 Å². The molecule has 1 N–H and O–H groups in total. The van der Waals surface area contributed by atoms with E-state index in [-0.39, 0.29) is 12.1 Å². The molecule has 122 valence electrons. The van der Waals surface area contributed by atoms with Crippen LogP contribution in [0, 0.1) is 5.92 Å². The number of piperidine rings is 1. The van der Waals surface area contributed by atoms with Gasteiger partial charge in [-0.3, -0.25) is 0 Å². The van der Waals surface area contributed by atoms with Gasteiger partial charge in [-0.15, -0.1) is 0 Å². The van der Waals surface area contributed by atoms with E-state index in [1.54, 1.807) is 0 Å². The molecule has 4 heteroatoms. The Kier molecular flexibility index (Phi) is 5.53. The van der Waals surface area contributed by atoms with Gasteiger partial charge in [0.25, 0.3) is 0 Å². The number of carbonyl (C=O) groups excluding carboxylic acids is 1. The molecule has 0 bridgehead atoms. The summed E-state index contributed by atoms with van der Waals surface area (Å²) in [7, 11) is 0. The molecule has 0 radical (unpaired) electrons. The first-order chi connectivity index (χ1) is 9.85. The van der Waals surface area contributed by atoms with Crippen LogP contribution in [0.2, 0.25) is 0 Å². The van der Waals surface area contributed by atoms with E-state index < -0.39 is 5.60 Å². The first-order valence-electron chi connectivity index (χ1n) is 8.58. The molecular formula is C17H32N2O2. The van der Waals surface area contributed by atoms with Gasteiger partial charge in [0, 0.05) is 25.2 Å². The number of hydrogen-bond donors (Lipinski definition) is 1. The van der Waals surface area contributed by atoms with Crippen molar-refractivity contribution in [2.75, 3.05) is 13.1 Å². The highest BCUT2D eigenvalue weighted by Gasteiger charge is 2.31. The molecule has 2 aliphatic rings. The van der Waals surface area contributed by atoms with Crippen molar-refractivity contribution in [1.29, 1.82) is 0 Å². The normalized spacial score (nSPS) is 24.8. The monoisotopic (exact) mass is 296 g/mol. The smallest absolute Gasteiger partial charge is 0.410 e. The van der Waals surface area contributed by atoms with Crippen LogP contribution in [0.4, 0.5) is 4.79 Å². The predicted octanol–water partition coefficient (Wildman–Crippen LogP) is 3.55. The molecule has 1 aliphatic carbocycles. The minimum Gasteiger partial charge on any atom is -0.444 e. The van der Waals surface area contributed by atoms with Crippen LogP contribution in [0.3, 0.4) is 0 Å². The Balaban J connectivity index is 1.81. The van der Waals surface area contributed by atoms with E-state index in [9.17, 15) is 4.79 Å². The minimum atomic E-state index is -0.411. The molecule has 0 aromatic carbocycles. The van der Waals surface area contributed by atoms with Crippen molar-refractivity contribution in [2.45, 2.75) is 83.9 Å². The maximum Gasteiger partial charge on any atom is 0.410 e. The molecule has 2 atom stereocenters. The number of ether oxygens (including phenoxy) is 1. The van der Waals surface area contributed by atoms with E-state index in [0.29, 0.717) is 6.04 Å². The summed E-state index contributed by atoms with van der Waals surface area (Å²) in [5, 5.41) is 3.62. The molecule has 1 heterocycles. The summed E-state index contributed by atoms with van der Waals surface area (Å²) < 4.78 is 5.55. The zero-order chi connectivity index (χ0) is 15.5. The number of amides is 1. The van der Waals surface area contributed by atoms with Gasteiger partial charge in [0.05, 0.1) is 0 Å². The molecule has 1 aliphatic heterocycles. The molecule has 2 fully saturated rings. The van der Waals surface area contributed by atoms with Gasteiger partial charge in [0.1, 0.15) is 5.60 Å². The average molecular weight is 296 g/mol. The zero-order valence-electron chi connectivity index (χ0n) is 14.2. The van der Waals surface area contributed by atoms with Crippen molar-refractivity contribution in [3.63, 3.8) is 0 Å². The maximum atomic E-state index is 12.3. The van der Waals surface area contributed by atoms with Gasteiger partial charge in [-0.05, 0) is 59.3 Å². The number of likely N-dealkylation sites (tertiary alicyclic amines) is 1. The van der Waals surface area contributed by atoms with Crippen molar-refractivity contribution in [1.82, 2.24) is 10.2 Å². The number of hydrogen-bond acceptors (Lipinski definition) is 3. The molecule has 2 rings (SSSR count). The summed E-state index contributed by atoms with van der Waals surface area (Å²) in [6, 6.07) is 0.843. The van der Waals surface area contributed by atoms with Gasteiger partial charge >= 0.3 is 6.09 Å². The lowest BCUT2D eigenvalue weighted by molar-refractivity contribution is 0.00966. The zero-order valence-corrected chi connectivity index (χ0v) is 14.2. The van der Waals surface area contributed by atoms with Gasteiger partial charge in [0.2, 0.25) is 0 Å². The van der Waals surface area contributed by atoms with Crippen LogP contribution < -0.4 is 5.32 Å². The van der Waals surface area contributed by atoms with E-state index in [2.05, 4.69) is 12.2 Å². The van der Waals surface area contributed by atoms with E-state index in [1.165, 1.54) is 25.7 Å². The standard InChI is InChI=1S/C17H32N2O2/c1-13(11-14-8-9-14)18-12-15-7-5-6-10-19(15)16(20)21-17(2,3)4/h13-15,18H,5-12H2,1-4H3. The van der Waals surface area contributed by atoms with Crippen LogP contribution in [-0.2, 0) is 4.74 Å². The lowest BCUT2D eigenvalue weighted by Gasteiger charge is -2.37. The van der Waals surface area contributed by atoms with Crippen molar-refractivity contribution in [3.05, 3.63) is 0 Å². The summed E-state index contributed by atoms with van der Waals surface area (Å²) in [5.74, 6) is 0.945. The van der Waals surface area contributed by atoms with Gasteiger partial charge in [-0.2, -0.15) is 0 Å². The quantitative estimate of drug-likeness (QED) is 0.843. The number of nitrogens with zero attached hydrogens (tertiary/aromatic N) is 1. The molecule has 1 saturated carbocycles. The highest BCUT2D eigenvalue weighted by atomic mass is 16.6.